The Morgan fingerprint density at radius 2 is 1.86 bits per heavy atom. The van der Waals surface area contributed by atoms with Crippen molar-refractivity contribution in [3.8, 4) is 0 Å². The standard InChI is InChI=1S/C21H16BrN3O2S/c1-13-17-20(23-12-25(21(17)27)11-14-7-3-2-4-8-14)28-18(13)19(26)24-16-10-6-5-9-15(16)22/h2-10,12H,11H2,1H3,(H,24,26). The highest BCUT2D eigenvalue weighted by Gasteiger charge is 2.20. The van der Waals surface area contributed by atoms with Gasteiger partial charge in [-0.1, -0.05) is 42.5 Å². The number of amides is 1. The third-order valence-corrected chi connectivity index (χ3v) is 6.33. The van der Waals surface area contributed by atoms with Crippen LogP contribution in [0.2, 0.25) is 0 Å². The van der Waals surface area contributed by atoms with Crippen molar-refractivity contribution in [2.45, 2.75) is 13.5 Å². The molecule has 0 unspecified atom stereocenters. The number of hydrogen-bond acceptors (Lipinski definition) is 4. The second-order valence-corrected chi connectivity index (χ2v) is 8.19. The molecule has 140 valence electrons. The molecule has 0 bridgehead atoms. The van der Waals surface area contributed by atoms with Crippen LogP contribution in [0.15, 0.2) is 70.2 Å². The molecule has 1 N–H and O–H groups in total. The van der Waals surface area contributed by atoms with Crippen LogP contribution in [-0.2, 0) is 6.54 Å². The number of thiophene rings is 1. The van der Waals surface area contributed by atoms with E-state index in [2.05, 4.69) is 26.2 Å². The van der Waals surface area contributed by atoms with Crippen molar-refractivity contribution in [3.05, 3.63) is 91.8 Å². The summed E-state index contributed by atoms with van der Waals surface area (Å²) in [5.41, 5.74) is 2.22. The number of anilines is 1. The molecule has 2 aromatic heterocycles. The van der Waals surface area contributed by atoms with Gasteiger partial charge < -0.3 is 5.32 Å². The van der Waals surface area contributed by atoms with Crippen LogP contribution < -0.4 is 10.9 Å². The van der Waals surface area contributed by atoms with Gasteiger partial charge in [0.25, 0.3) is 11.5 Å². The number of aryl methyl sites for hydroxylation is 1. The summed E-state index contributed by atoms with van der Waals surface area (Å²) in [6, 6.07) is 17.1. The number of carbonyl (C=O) groups is 1. The fourth-order valence-electron chi connectivity index (χ4n) is 3.01. The summed E-state index contributed by atoms with van der Waals surface area (Å²) in [7, 11) is 0. The fraction of sp³-hybridized carbons (Fsp3) is 0.0952. The molecule has 0 aliphatic heterocycles. The molecular formula is C21H16BrN3O2S. The molecule has 1 amide bonds. The van der Waals surface area contributed by atoms with Crippen LogP contribution in [0, 0.1) is 6.92 Å². The molecule has 7 heteroatoms. The lowest BCUT2D eigenvalue weighted by molar-refractivity contribution is 0.103. The van der Waals surface area contributed by atoms with Gasteiger partial charge >= 0.3 is 0 Å². The Balaban J connectivity index is 1.71. The van der Waals surface area contributed by atoms with E-state index in [0.29, 0.717) is 32.9 Å². The Kier molecular flexibility index (Phi) is 5.11. The third-order valence-electron chi connectivity index (χ3n) is 4.44. The quantitative estimate of drug-likeness (QED) is 0.481. The summed E-state index contributed by atoms with van der Waals surface area (Å²) in [5.74, 6) is -0.249. The molecule has 2 aromatic carbocycles. The van der Waals surface area contributed by atoms with Gasteiger partial charge in [0.05, 0.1) is 28.8 Å². The van der Waals surface area contributed by atoms with Gasteiger partial charge in [-0.05, 0) is 46.1 Å². The zero-order chi connectivity index (χ0) is 19.7. The highest BCUT2D eigenvalue weighted by molar-refractivity contribution is 9.10. The summed E-state index contributed by atoms with van der Waals surface area (Å²) in [6.07, 6.45) is 1.54. The van der Waals surface area contributed by atoms with E-state index in [-0.39, 0.29) is 11.5 Å². The maximum Gasteiger partial charge on any atom is 0.266 e. The normalized spacial score (nSPS) is 10.9. The molecule has 5 nitrogen and oxygen atoms in total. The van der Waals surface area contributed by atoms with Crippen LogP contribution in [0.3, 0.4) is 0 Å². The first-order valence-electron chi connectivity index (χ1n) is 8.63. The number of rotatable bonds is 4. The minimum Gasteiger partial charge on any atom is -0.320 e. The van der Waals surface area contributed by atoms with Crippen LogP contribution in [-0.4, -0.2) is 15.5 Å². The monoisotopic (exact) mass is 453 g/mol. The summed E-state index contributed by atoms with van der Waals surface area (Å²) in [4.78, 5) is 31.3. The van der Waals surface area contributed by atoms with Gasteiger partial charge in [-0.25, -0.2) is 4.98 Å². The van der Waals surface area contributed by atoms with Gasteiger partial charge in [0.1, 0.15) is 4.83 Å². The molecule has 0 spiro atoms. The van der Waals surface area contributed by atoms with Crippen molar-refractivity contribution in [1.82, 2.24) is 9.55 Å². The highest BCUT2D eigenvalue weighted by Crippen LogP contribution is 2.29. The summed E-state index contributed by atoms with van der Waals surface area (Å²) >= 11 is 4.66. The highest BCUT2D eigenvalue weighted by atomic mass is 79.9. The number of para-hydroxylation sites is 1. The van der Waals surface area contributed by atoms with E-state index < -0.39 is 0 Å². The minimum atomic E-state index is -0.249. The van der Waals surface area contributed by atoms with Crippen LogP contribution in [0.1, 0.15) is 20.8 Å². The number of aromatic nitrogens is 2. The van der Waals surface area contributed by atoms with Crippen molar-refractivity contribution in [1.29, 1.82) is 0 Å². The first-order valence-corrected chi connectivity index (χ1v) is 10.2. The number of hydrogen-bond donors (Lipinski definition) is 1. The lowest BCUT2D eigenvalue weighted by Gasteiger charge is -2.06. The maximum atomic E-state index is 13.0. The van der Waals surface area contributed by atoms with Crippen LogP contribution in [0.25, 0.3) is 10.2 Å². The van der Waals surface area contributed by atoms with E-state index in [0.717, 1.165) is 10.0 Å². The minimum absolute atomic E-state index is 0.137. The summed E-state index contributed by atoms with van der Waals surface area (Å²) in [5, 5.41) is 3.39. The first kappa shape index (κ1) is 18.6. The van der Waals surface area contributed by atoms with Crippen LogP contribution in [0.4, 0.5) is 5.69 Å². The van der Waals surface area contributed by atoms with Crippen LogP contribution >= 0.6 is 27.3 Å². The average Bonchev–Trinajstić information content (AvgIpc) is 3.04. The molecule has 0 atom stereocenters. The first-order chi connectivity index (χ1) is 13.5. The van der Waals surface area contributed by atoms with E-state index in [1.165, 1.54) is 11.3 Å². The molecule has 4 rings (SSSR count). The number of nitrogens with one attached hydrogen (secondary N) is 1. The molecule has 0 fully saturated rings. The molecule has 0 saturated carbocycles. The number of halogens is 1. The molecule has 4 aromatic rings. The number of benzene rings is 2. The number of carbonyl (C=O) groups excluding carboxylic acids is 1. The molecular weight excluding hydrogens is 438 g/mol. The predicted molar refractivity (Wildman–Crippen MR) is 116 cm³/mol. The average molecular weight is 454 g/mol. The second kappa shape index (κ2) is 7.69. The Morgan fingerprint density at radius 3 is 2.61 bits per heavy atom. The van der Waals surface area contributed by atoms with Crippen molar-refractivity contribution in [3.63, 3.8) is 0 Å². The molecule has 28 heavy (non-hydrogen) atoms. The smallest absolute Gasteiger partial charge is 0.266 e. The molecule has 0 aliphatic rings. The number of fused-ring (bicyclic) bond motifs is 1. The van der Waals surface area contributed by atoms with E-state index in [1.807, 2.05) is 54.6 Å². The van der Waals surface area contributed by atoms with Crippen molar-refractivity contribution >= 4 is 49.1 Å². The zero-order valence-corrected chi connectivity index (χ0v) is 17.4. The number of nitrogens with zero attached hydrogens (tertiary/aromatic N) is 2. The van der Waals surface area contributed by atoms with E-state index in [4.69, 9.17) is 0 Å². The molecule has 0 radical (unpaired) electrons. The Morgan fingerprint density at radius 1 is 1.14 bits per heavy atom. The Labute approximate surface area is 173 Å². The van der Waals surface area contributed by atoms with Gasteiger partial charge in [-0.2, -0.15) is 0 Å². The van der Waals surface area contributed by atoms with Gasteiger partial charge in [0, 0.05) is 4.47 Å². The fourth-order valence-corrected chi connectivity index (χ4v) is 4.43. The van der Waals surface area contributed by atoms with Crippen molar-refractivity contribution in [2.24, 2.45) is 0 Å². The summed E-state index contributed by atoms with van der Waals surface area (Å²) < 4.78 is 2.37. The lowest BCUT2D eigenvalue weighted by Crippen LogP contribution is -2.21. The maximum absolute atomic E-state index is 13.0. The Bertz CT molecular complexity index is 1230. The second-order valence-electron chi connectivity index (χ2n) is 6.33. The lowest BCUT2D eigenvalue weighted by atomic mass is 10.2. The zero-order valence-electron chi connectivity index (χ0n) is 15.0. The predicted octanol–water partition coefficient (Wildman–Crippen LogP) is 4.83. The van der Waals surface area contributed by atoms with Gasteiger partial charge in [-0.3, -0.25) is 14.2 Å². The van der Waals surface area contributed by atoms with E-state index >= 15 is 0 Å². The van der Waals surface area contributed by atoms with E-state index in [9.17, 15) is 9.59 Å². The summed E-state index contributed by atoms with van der Waals surface area (Å²) in [6.45, 7) is 2.24. The molecule has 0 saturated heterocycles. The molecule has 2 heterocycles. The van der Waals surface area contributed by atoms with Gasteiger partial charge in [0.15, 0.2) is 0 Å². The van der Waals surface area contributed by atoms with Gasteiger partial charge in [0.2, 0.25) is 0 Å². The molecule has 0 aliphatic carbocycles. The van der Waals surface area contributed by atoms with E-state index in [1.54, 1.807) is 17.8 Å². The van der Waals surface area contributed by atoms with Crippen LogP contribution in [0.5, 0.6) is 0 Å². The van der Waals surface area contributed by atoms with Crippen molar-refractivity contribution < 1.29 is 4.79 Å². The topological polar surface area (TPSA) is 64.0 Å². The Hall–Kier alpha value is -2.77. The third kappa shape index (κ3) is 3.50. The largest absolute Gasteiger partial charge is 0.320 e. The van der Waals surface area contributed by atoms with Gasteiger partial charge in [-0.15, -0.1) is 11.3 Å². The SMILES string of the molecule is Cc1c(C(=O)Nc2ccccc2Br)sc2ncn(Cc3ccccc3)c(=O)c12. The van der Waals surface area contributed by atoms with Crippen molar-refractivity contribution in [2.75, 3.05) is 5.32 Å².